The van der Waals surface area contributed by atoms with Crippen molar-refractivity contribution in [2.45, 2.75) is 32.5 Å². The van der Waals surface area contributed by atoms with E-state index in [1.165, 1.54) is 0 Å². The molecule has 2 atom stereocenters. The summed E-state index contributed by atoms with van der Waals surface area (Å²) in [5.41, 5.74) is 3.63. The minimum absolute atomic E-state index is 0.189. The van der Waals surface area contributed by atoms with Gasteiger partial charge in [0, 0.05) is 44.4 Å². The largest absolute Gasteiger partial charge is 0.496 e. The molecule has 2 fully saturated rings. The molecule has 2 aliphatic heterocycles. The van der Waals surface area contributed by atoms with Crippen LogP contribution in [0.3, 0.4) is 0 Å². The van der Waals surface area contributed by atoms with E-state index in [-0.39, 0.29) is 12.1 Å². The second-order valence-electron chi connectivity index (χ2n) is 9.85. The van der Waals surface area contributed by atoms with Crippen LogP contribution in [0.4, 0.5) is 11.8 Å². The van der Waals surface area contributed by atoms with Gasteiger partial charge >= 0.3 is 0 Å². The highest BCUT2D eigenvalue weighted by Crippen LogP contribution is 2.32. The number of nitrogens with zero attached hydrogens (tertiary/aromatic N) is 5. The Hall–Kier alpha value is -3.05. The first-order chi connectivity index (χ1) is 18.6. The number of nitrogens with one attached hydrogen (secondary N) is 1. The Morgan fingerprint density at radius 2 is 1.71 bits per heavy atom. The first kappa shape index (κ1) is 26.6. The van der Waals surface area contributed by atoms with Gasteiger partial charge in [0.2, 0.25) is 5.95 Å². The van der Waals surface area contributed by atoms with E-state index in [1.807, 2.05) is 12.1 Å². The molecule has 0 aliphatic carbocycles. The van der Waals surface area contributed by atoms with Gasteiger partial charge in [-0.25, -0.2) is 4.98 Å². The molecule has 10 nitrogen and oxygen atoms in total. The lowest BCUT2D eigenvalue weighted by atomic mass is 10.1. The number of hydrogen-bond acceptors (Lipinski definition) is 10. The van der Waals surface area contributed by atoms with Crippen molar-refractivity contribution >= 4 is 22.8 Å². The predicted molar refractivity (Wildman–Crippen MR) is 148 cm³/mol. The molecular formula is C28H38N6O4. The fourth-order valence-electron chi connectivity index (χ4n) is 5.03. The molecule has 1 aromatic carbocycles. The standard InChI is InChI=1S/C28H38N6O4/c1-19-17-37-13-10-33(19)27-23-6-7-24(21-5-8-25(36-4)22(15-21)16-29-9-12-35-3)30-26(23)31-28(32-27)34-11-14-38-18-20(34)2/h5-8,15,19-20,29H,9-14,16-18H2,1-4H3/t19-,20-/m0/s1. The average molecular weight is 523 g/mol. The van der Waals surface area contributed by atoms with Gasteiger partial charge in [0.25, 0.3) is 0 Å². The van der Waals surface area contributed by atoms with Crippen molar-refractivity contribution in [2.75, 3.05) is 76.7 Å². The smallest absolute Gasteiger partial charge is 0.229 e. The molecule has 0 amide bonds. The zero-order valence-corrected chi connectivity index (χ0v) is 22.8. The van der Waals surface area contributed by atoms with Crippen LogP contribution in [0.15, 0.2) is 30.3 Å². The monoisotopic (exact) mass is 522 g/mol. The summed E-state index contributed by atoms with van der Waals surface area (Å²) in [4.78, 5) is 19.7. The molecule has 0 unspecified atom stereocenters. The Bertz CT molecular complexity index is 1240. The van der Waals surface area contributed by atoms with Crippen LogP contribution in [0, 0.1) is 0 Å². The van der Waals surface area contributed by atoms with Gasteiger partial charge < -0.3 is 34.1 Å². The van der Waals surface area contributed by atoms with Gasteiger partial charge in [0.15, 0.2) is 5.65 Å². The predicted octanol–water partition coefficient (Wildman–Crippen LogP) is 2.89. The molecule has 204 valence electrons. The number of ether oxygens (including phenoxy) is 4. The van der Waals surface area contributed by atoms with Crippen LogP contribution in [-0.4, -0.2) is 93.9 Å². The third-order valence-electron chi connectivity index (χ3n) is 7.17. The maximum absolute atomic E-state index is 5.71. The van der Waals surface area contributed by atoms with Crippen LogP contribution in [0.5, 0.6) is 5.75 Å². The number of hydrogen-bond donors (Lipinski definition) is 1. The Balaban J connectivity index is 1.55. The van der Waals surface area contributed by atoms with E-state index in [2.05, 4.69) is 47.2 Å². The molecule has 0 saturated carbocycles. The van der Waals surface area contributed by atoms with Gasteiger partial charge in [0.05, 0.1) is 63.3 Å². The van der Waals surface area contributed by atoms with Crippen LogP contribution in [0.1, 0.15) is 19.4 Å². The molecular weight excluding hydrogens is 484 g/mol. The maximum Gasteiger partial charge on any atom is 0.229 e. The van der Waals surface area contributed by atoms with Gasteiger partial charge in [-0.2, -0.15) is 9.97 Å². The summed E-state index contributed by atoms with van der Waals surface area (Å²) in [6, 6.07) is 10.7. The number of anilines is 2. The van der Waals surface area contributed by atoms with Crippen molar-refractivity contribution in [3.8, 4) is 17.0 Å². The van der Waals surface area contributed by atoms with Crippen LogP contribution in [0.2, 0.25) is 0 Å². The summed E-state index contributed by atoms with van der Waals surface area (Å²) in [5.74, 6) is 2.45. The second kappa shape index (κ2) is 12.2. The quantitative estimate of drug-likeness (QED) is 0.423. The SMILES string of the molecule is COCCNCc1cc(-c2ccc3c(N4CCOC[C@@H]4C)nc(N4CCOC[C@@H]4C)nc3n2)ccc1OC. The Labute approximate surface area is 224 Å². The van der Waals surface area contributed by atoms with Crippen LogP contribution < -0.4 is 19.9 Å². The van der Waals surface area contributed by atoms with Crippen molar-refractivity contribution in [3.05, 3.63) is 35.9 Å². The van der Waals surface area contributed by atoms with E-state index in [0.717, 1.165) is 53.4 Å². The second-order valence-corrected chi connectivity index (χ2v) is 9.85. The van der Waals surface area contributed by atoms with Gasteiger partial charge in [-0.3, -0.25) is 0 Å². The number of rotatable bonds is 9. The molecule has 10 heteroatoms. The fraction of sp³-hybridized carbons (Fsp3) is 0.536. The third kappa shape index (κ3) is 5.68. The van der Waals surface area contributed by atoms with E-state index < -0.39 is 0 Å². The Morgan fingerprint density at radius 1 is 0.947 bits per heavy atom. The highest BCUT2D eigenvalue weighted by Gasteiger charge is 2.27. The molecule has 4 heterocycles. The van der Waals surface area contributed by atoms with Crippen molar-refractivity contribution in [1.29, 1.82) is 0 Å². The summed E-state index contributed by atoms with van der Waals surface area (Å²) >= 11 is 0. The van der Waals surface area contributed by atoms with Crippen LogP contribution >= 0.6 is 0 Å². The fourth-order valence-corrected chi connectivity index (χ4v) is 5.03. The highest BCUT2D eigenvalue weighted by molar-refractivity contribution is 5.90. The molecule has 38 heavy (non-hydrogen) atoms. The molecule has 3 aromatic rings. The Kier molecular flexibility index (Phi) is 8.53. The van der Waals surface area contributed by atoms with Crippen LogP contribution in [0.25, 0.3) is 22.3 Å². The van der Waals surface area contributed by atoms with Crippen molar-refractivity contribution < 1.29 is 18.9 Å². The maximum atomic E-state index is 5.71. The van der Waals surface area contributed by atoms with Crippen molar-refractivity contribution in [2.24, 2.45) is 0 Å². The topological polar surface area (TPSA) is 94.1 Å². The first-order valence-corrected chi connectivity index (χ1v) is 13.3. The van der Waals surface area contributed by atoms with E-state index in [0.29, 0.717) is 51.2 Å². The van der Waals surface area contributed by atoms with E-state index >= 15 is 0 Å². The number of fused-ring (bicyclic) bond motifs is 1. The summed E-state index contributed by atoms with van der Waals surface area (Å²) in [7, 11) is 3.40. The zero-order chi connectivity index (χ0) is 26.5. The van der Waals surface area contributed by atoms with E-state index in [1.54, 1.807) is 14.2 Å². The third-order valence-corrected chi connectivity index (χ3v) is 7.17. The molecule has 2 aromatic heterocycles. The number of pyridine rings is 1. The minimum Gasteiger partial charge on any atom is -0.496 e. The molecule has 2 saturated heterocycles. The lowest BCUT2D eigenvalue weighted by Crippen LogP contribution is -2.46. The number of benzene rings is 1. The van der Waals surface area contributed by atoms with E-state index in [9.17, 15) is 0 Å². The van der Waals surface area contributed by atoms with Gasteiger partial charge in [-0.1, -0.05) is 0 Å². The molecule has 0 radical (unpaired) electrons. The number of aromatic nitrogens is 3. The summed E-state index contributed by atoms with van der Waals surface area (Å²) < 4.78 is 22.1. The zero-order valence-electron chi connectivity index (χ0n) is 22.8. The van der Waals surface area contributed by atoms with Gasteiger partial charge in [-0.05, 0) is 44.2 Å². The van der Waals surface area contributed by atoms with E-state index in [4.69, 9.17) is 33.9 Å². The minimum atomic E-state index is 0.189. The number of morpholine rings is 2. The molecule has 0 bridgehead atoms. The van der Waals surface area contributed by atoms with Crippen molar-refractivity contribution in [1.82, 2.24) is 20.3 Å². The Morgan fingerprint density at radius 3 is 2.42 bits per heavy atom. The molecule has 0 spiro atoms. The molecule has 1 N–H and O–H groups in total. The lowest BCUT2D eigenvalue weighted by molar-refractivity contribution is 0.0973. The summed E-state index contributed by atoms with van der Waals surface area (Å²) in [6.45, 7) is 10.6. The highest BCUT2D eigenvalue weighted by atomic mass is 16.5. The molecule has 5 rings (SSSR count). The normalized spacial score (nSPS) is 20.2. The van der Waals surface area contributed by atoms with Crippen molar-refractivity contribution in [3.63, 3.8) is 0 Å². The summed E-state index contributed by atoms with van der Waals surface area (Å²) in [5, 5.41) is 4.35. The van der Waals surface area contributed by atoms with Gasteiger partial charge in [-0.15, -0.1) is 0 Å². The summed E-state index contributed by atoms with van der Waals surface area (Å²) in [6.07, 6.45) is 0. The number of methoxy groups -OCH3 is 2. The lowest BCUT2D eigenvalue weighted by Gasteiger charge is -2.37. The molecule has 2 aliphatic rings. The van der Waals surface area contributed by atoms with Crippen LogP contribution in [-0.2, 0) is 20.8 Å². The van der Waals surface area contributed by atoms with Gasteiger partial charge in [0.1, 0.15) is 11.6 Å². The first-order valence-electron chi connectivity index (χ1n) is 13.3. The average Bonchev–Trinajstić information content (AvgIpc) is 2.95.